The molecular weight excluding hydrogens is 327 g/mol. The van der Waals surface area contributed by atoms with E-state index in [1.54, 1.807) is 6.08 Å². The molecule has 0 radical (unpaired) electrons. The lowest BCUT2D eigenvalue weighted by Gasteiger charge is -2.31. The second-order valence-electron chi connectivity index (χ2n) is 5.77. The molecule has 4 heteroatoms. The average Bonchev–Trinajstić information content (AvgIpc) is 2.11. The van der Waals surface area contributed by atoms with Crippen LogP contribution in [0.1, 0.15) is 27.7 Å². The second kappa shape index (κ2) is 7.36. The lowest BCUT2D eigenvalue weighted by atomic mass is 9.96. The lowest BCUT2D eigenvalue weighted by molar-refractivity contribution is -0.127. The smallest absolute Gasteiger partial charge is 0.247 e. The summed E-state index contributed by atoms with van der Waals surface area (Å²) in [5.74, 6) is 0.101. The Kier molecular flexibility index (Phi) is 7.32. The van der Waals surface area contributed by atoms with Crippen molar-refractivity contribution in [1.29, 1.82) is 0 Å². The summed E-state index contributed by atoms with van der Waals surface area (Å²) in [7, 11) is 3.98. The third-order valence-corrected chi connectivity index (χ3v) is 2.76. The Labute approximate surface area is 119 Å². The van der Waals surface area contributed by atoms with Crippen LogP contribution in [-0.2, 0) is 4.79 Å². The molecule has 0 heterocycles. The minimum Gasteiger partial charge on any atom is -0.327 e. The Hall–Kier alpha value is -0.100. The molecule has 0 N–H and O–H groups in total. The number of carbonyl (C=O) groups is 1. The summed E-state index contributed by atoms with van der Waals surface area (Å²) in [5, 5.41) is 0. The van der Waals surface area contributed by atoms with E-state index in [9.17, 15) is 4.79 Å². The molecule has 0 saturated heterocycles. The molecule has 3 nitrogen and oxygen atoms in total. The van der Waals surface area contributed by atoms with Gasteiger partial charge in [0, 0.05) is 19.2 Å². The number of amides is 1. The van der Waals surface area contributed by atoms with Crippen LogP contribution in [0.2, 0.25) is 0 Å². The minimum atomic E-state index is 0.101. The van der Waals surface area contributed by atoms with Gasteiger partial charge in [-0.2, -0.15) is 0 Å². The van der Waals surface area contributed by atoms with Crippen LogP contribution in [0, 0.1) is 5.41 Å². The normalized spacial score (nSPS) is 14.4. The van der Waals surface area contributed by atoms with Crippen molar-refractivity contribution in [2.45, 2.75) is 31.7 Å². The number of likely N-dealkylation sites (N-methyl/N-ethyl adjacent to an activating group) is 1. The fourth-order valence-electron chi connectivity index (χ4n) is 1.35. The van der Waals surface area contributed by atoms with Gasteiger partial charge in [-0.25, -0.2) is 0 Å². The molecule has 0 saturated carbocycles. The quantitative estimate of drug-likeness (QED) is 0.329. The zero-order chi connectivity index (χ0) is 13.6. The zero-order valence-electron chi connectivity index (χ0n) is 11.8. The van der Waals surface area contributed by atoms with Crippen molar-refractivity contribution in [2.24, 2.45) is 5.41 Å². The number of halogens is 1. The molecule has 0 bridgehead atoms. The maximum atomic E-state index is 12.1. The Balaban J connectivity index is 4.51. The van der Waals surface area contributed by atoms with Crippen molar-refractivity contribution in [3.63, 3.8) is 0 Å². The monoisotopic (exact) mass is 352 g/mol. The molecule has 0 aliphatic rings. The number of nitrogens with zero attached hydrogens (tertiary/aromatic N) is 2. The topological polar surface area (TPSA) is 23.6 Å². The summed E-state index contributed by atoms with van der Waals surface area (Å²) in [6.45, 7) is 10.1. The first-order valence-corrected chi connectivity index (χ1v) is 7.14. The second-order valence-corrected chi connectivity index (χ2v) is 7.57. The molecule has 0 aliphatic heterocycles. The third-order valence-electron chi connectivity index (χ3n) is 2.09. The summed E-state index contributed by atoms with van der Waals surface area (Å²) in [6, 6.07) is 0. The van der Waals surface area contributed by atoms with Crippen molar-refractivity contribution in [2.75, 3.05) is 27.2 Å². The standard InChI is InChI=1S/C13H25IN2O/c1-11(14)16(10-13(2,3)4)12(17)8-7-9-15(5)6/h7-8,11H,9-10H2,1-6H3/b8-7+. The lowest BCUT2D eigenvalue weighted by Crippen LogP contribution is -2.40. The number of carbonyl (C=O) groups excluding carboxylic acids is 1. The summed E-state index contributed by atoms with van der Waals surface area (Å²) in [4.78, 5) is 16.0. The van der Waals surface area contributed by atoms with Crippen molar-refractivity contribution >= 4 is 28.5 Å². The highest BCUT2D eigenvalue weighted by molar-refractivity contribution is 14.1. The molecular formula is C13H25IN2O. The predicted octanol–water partition coefficient (Wildman–Crippen LogP) is 2.76. The first-order chi connectivity index (χ1) is 7.63. The van der Waals surface area contributed by atoms with Crippen LogP contribution in [-0.4, -0.2) is 46.9 Å². The number of rotatable bonds is 5. The van der Waals surface area contributed by atoms with Crippen LogP contribution in [0.3, 0.4) is 0 Å². The molecule has 100 valence electrons. The maximum Gasteiger partial charge on any atom is 0.247 e. The van der Waals surface area contributed by atoms with Gasteiger partial charge in [-0.3, -0.25) is 4.79 Å². The molecule has 0 rings (SSSR count). The van der Waals surface area contributed by atoms with E-state index in [2.05, 4.69) is 43.4 Å². The van der Waals surface area contributed by atoms with Gasteiger partial charge in [-0.05, 0) is 26.4 Å². The first kappa shape index (κ1) is 16.9. The number of hydrogen-bond acceptors (Lipinski definition) is 2. The summed E-state index contributed by atoms with van der Waals surface area (Å²) in [5.41, 5.74) is 0.129. The zero-order valence-corrected chi connectivity index (χ0v) is 14.0. The number of hydrogen-bond donors (Lipinski definition) is 0. The van der Waals surface area contributed by atoms with E-state index in [1.807, 2.05) is 36.9 Å². The molecule has 1 unspecified atom stereocenters. The van der Waals surface area contributed by atoms with Crippen LogP contribution >= 0.6 is 22.6 Å². The predicted molar refractivity (Wildman–Crippen MR) is 82.3 cm³/mol. The van der Waals surface area contributed by atoms with E-state index in [0.717, 1.165) is 13.1 Å². The molecule has 0 spiro atoms. The highest BCUT2D eigenvalue weighted by Gasteiger charge is 2.22. The Morgan fingerprint density at radius 1 is 1.35 bits per heavy atom. The fraction of sp³-hybridized carbons (Fsp3) is 0.769. The third kappa shape index (κ3) is 8.60. The Morgan fingerprint density at radius 2 is 1.88 bits per heavy atom. The first-order valence-electron chi connectivity index (χ1n) is 5.89. The van der Waals surface area contributed by atoms with Crippen molar-refractivity contribution in [3.8, 4) is 0 Å². The number of alkyl halides is 1. The Bertz CT molecular complexity index is 267. The molecule has 0 fully saturated rings. The average molecular weight is 352 g/mol. The fourth-order valence-corrected chi connectivity index (χ4v) is 1.82. The molecule has 1 amide bonds. The minimum absolute atomic E-state index is 0.101. The summed E-state index contributed by atoms with van der Waals surface area (Å²) < 4.78 is 0.211. The van der Waals surface area contributed by atoms with E-state index in [1.165, 1.54) is 0 Å². The van der Waals surface area contributed by atoms with Crippen LogP contribution in [0.15, 0.2) is 12.2 Å². The molecule has 0 aromatic carbocycles. The SMILES string of the molecule is CC(I)N(CC(C)(C)C)C(=O)/C=C/CN(C)C. The van der Waals surface area contributed by atoms with Gasteiger partial charge in [0.15, 0.2) is 0 Å². The van der Waals surface area contributed by atoms with Gasteiger partial charge in [-0.1, -0.05) is 49.4 Å². The van der Waals surface area contributed by atoms with E-state index in [-0.39, 0.29) is 15.4 Å². The van der Waals surface area contributed by atoms with Crippen molar-refractivity contribution in [1.82, 2.24) is 9.80 Å². The highest BCUT2D eigenvalue weighted by Crippen LogP contribution is 2.19. The molecule has 0 aromatic heterocycles. The van der Waals surface area contributed by atoms with Crippen LogP contribution in [0.5, 0.6) is 0 Å². The van der Waals surface area contributed by atoms with Gasteiger partial charge in [0.1, 0.15) is 0 Å². The van der Waals surface area contributed by atoms with E-state index >= 15 is 0 Å². The maximum absolute atomic E-state index is 12.1. The molecule has 1 atom stereocenters. The van der Waals surface area contributed by atoms with Crippen LogP contribution in [0.25, 0.3) is 0 Å². The Morgan fingerprint density at radius 3 is 2.24 bits per heavy atom. The van der Waals surface area contributed by atoms with Crippen LogP contribution < -0.4 is 0 Å². The molecule has 0 aromatic rings. The molecule has 17 heavy (non-hydrogen) atoms. The van der Waals surface area contributed by atoms with Gasteiger partial charge < -0.3 is 9.80 Å². The van der Waals surface area contributed by atoms with E-state index < -0.39 is 0 Å². The van der Waals surface area contributed by atoms with Gasteiger partial charge in [0.2, 0.25) is 5.91 Å². The van der Waals surface area contributed by atoms with E-state index in [0.29, 0.717) is 0 Å². The van der Waals surface area contributed by atoms with Crippen LogP contribution in [0.4, 0.5) is 0 Å². The summed E-state index contributed by atoms with van der Waals surface area (Å²) in [6.07, 6.45) is 3.60. The van der Waals surface area contributed by atoms with Crippen molar-refractivity contribution in [3.05, 3.63) is 12.2 Å². The highest BCUT2D eigenvalue weighted by atomic mass is 127. The van der Waals surface area contributed by atoms with Gasteiger partial charge in [0.25, 0.3) is 0 Å². The van der Waals surface area contributed by atoms with Gasteiger partial charge >= 0.3 is 0 Å². The van der Waals surface area contributed by atoms with Gasteiger partial charge in [0.05, 0.1) is 4.05 Å². The molecule has 0 aliphatic carbocycles. The van der Waals surface area contributed by atoms with E-state index in [4.69, 9.17) is 0 Å². The largest absolute Gasteiger partial charge is 0.327 e. The van der Waals surface area contributed by atoms with Gasteiger partial charge in [-0.15, -0.1) is 0 Å². The summed E-state index contributed by atoms with van der Waals surface area (Å²) >= 11 is 2.29. The van der Waals surface area contributed by atoms with Crippen molar-refractivity contribution < 1.29 is 4.79 Å².